The summed E-state index contributed by atoms with van der Waals surface area (Å²) >= 11 is 0. The predicted molar refractivity (Wildman–Crippen MR) is 185 cm³/mol. The van der Waals surface area contributed by atoms with Crippen molar-refractivity contribution in [2.75, 3.05) is 13.4 Å². The molecular formula is C40H48O6Si. The lowest BCUT2D eigenvalue weighted by Crippen LogP contribution is -2.66. The van der Waals surface area contributed by atoms with Crippen LogP contribution in [0.4, 0.5) is 0 Å². The lowest BCUT2D eigenvalue weighted by Gasteiger charge is -2.60. The molecule has 248 valence electrons. The average molecular weight is 653 g/mol. The molecule has 1 spiro atoms. The number of epoxide rings is 1. The van der Waals surface area contributed by atoms with E-state index in [1.807, 2.05) is 24.3 Å². The average Bonchev–Trinajstić information content (AvgIpc) is 3.82. The monoisotopic (exact) mass is 652 g/mol. The van der Waals surface area contributed by atoms with Gasteiger partial charge in [0.2, 0.25) is 0 Å². The summed E-state index contributed by atoms with van der Waals surface area (Å²) in [5.74, 6) is 0.804. The molecule has 7 heteroatoms. The zero-order chi connectivity index (χ0) is 32.8. The molecule has 0 unspecified atom stereocenters. The molecule has 4 aliphatic rings. The summed E-state index contributed by atoms with van der Waals surface area (Å²) in [5.41, 5.74) is 3.34. The minimum Gasteiger partial charge on any atom is -0.490 e. The summed E-state index contributed by atoms with van der Waals surface area (Å²) in [6, 6.07) is 27.7. The minimum atomic E-state index is -1.95. The summed E-state index contributed by atoms with van der Waals surface area (Å²) in [6.45, 7) is 13.9. The maximum Gasteiger partial charge on any atom is 0.303 e. The van der Waals surface area contributed by atoms with Crippen LogP contribution in [-0.4, -0.2) is 51.4 Å². The largest absolute Gasteiger partial charge is 0.490 e. The van der Waals surface area contributed by atoms with E-state index in [-0.39, 0.29) is 48.3 Å². The first kappa shape index (κ1) is 32.3. The van der Waals surface area contributed by atoms with Crippen molar-refractivity contribution in [3.63, 3.8) is 0 Å². The van der Waals surface area contributed by atoms with Gasteiger partial charge in [0, 0.05) is 18.3 Å². The van der Waals surface area contributed by atoms with Crippen LogP contribution in [-0.2, 0) is 36.8 Å². The SMILES string of the molecule is C=CCOc1ccc2c(c1)CC[C@H]1[C@H]2[C@H](OC(C)=O)[C@@H]2O[C@@]23C[C@@H]([Si](C)(C)c2ccccc2)C[C@H](OCOCc2ccccc2)[C@]13C. The van der Waals surface area contributed by atoms with Gasteiger partial charge in [0.25, 0.3) is 0 Å². The summed E-state index contributed by atoms with van der Waals surface area (Å²) in [5, 5.41) is 1.45. The molecule has 1 heterocycles. The lowest BCUT2D eigenvalue weighted by molar-refractivity contribution is -0.195. The second-order valence-electron chi connectivity index (χ2n) is 14.7. The van der Waals surface area contributed by atoms with Gasteiger partial charge < -0.3 is 23.7 Å². The number of fused-ring (bicyclic) bond motifs is 4. The van der Waals surface area contributed by atoms with Crippen LogP contribution in [0.3, 0.4) is 0 Å². The van der Waals surface area contributed by atoms with E-state index in [4.69, 9.17) is 23.7 Å². The number of rotatable bonds is 11. The van der Waals surface area contributed by atoms with Crippen molar-refractivity contribution in [3.05, 3.63) is 108 Å². The summed E-state index contributed by atoms with van der Waals surface area (Å²) in [7, 11) is -1.95. The van der Waals surface area contributed by atoms with Crippen LogP contribution in [0.5, 0.6) is 5.75 Å². The van der Waals surface area contributed by atoms with Crippen molar-refractivity contribution in [2.45, 2.75) is 94.6 Å². The van der Waals surface area contributed by atoms with Crippen molar-refractivity contribution in [3.8, 4) is 5.75 Å². The molecule has 1 aliphatic heterocycles. The Hall–Kier alpha value is -3.23. The van der Waals surface area contributed by atoms with Crippen LogP contribution in [0, 0.1) is 11.3 Å². The first-order chi connectivity index (χ1) is 22.7. The van der Waals surface area contributed by atoms with Crippen molar-refractivity contribution in [1.82, 2.24) is 0 Å². The molecule has 0 amide bonds. The highest BCUT2D eigenvalue weighted by Crippen LogP contribution is 2.74. The van der Waals surface area contributed by atoms with E-state index in [9.17, 15) is 4.79 Å². The van der Waals surface area contributed by atoms with Crippen molar-refractivity contribution in [2.24, 2.45) is 11.3 Å². The van der Waals surface area contributed by atoms with E-state index in [1.165, 1.54) is 23.2 Å². The molecule has 3 fully saturated rings. The fourth-order valence-corrected chi connectivity index (χ4v) is 12.7. The Morgan fingerprint density at radius 3 is 2.53 bits per heavy atom. The number of esters is 1. The molecule has 0 aromatic heterocycles. The Labute approximate surface area is 280 Å². The highest BCUT2D eigenvalue weighted by molar-refractivity contribution is 6.91. The Bertz CT molecular complexity index is 1590. The topological polar surface area (TPSA) is 66.5 Å². The second-order valence-corrected chi connectivity index (χ2v) is 19.6. The molecule has 3 aromatic rings. The molecule has 3 aromatic carbocycles. The minimum absolute atomic E-state index is 0.00833. The van der Waals surface area contributed by atoms with Gasteiger partial charge in [0.15, 0.2) is 0 Å². The van der Waals surface area contributed by atoms with Gasteiger partial charge in [-0.1, -0.05) is 105 Å². The Balaban J connectivity index is 1.25. The summed E-state index contributed by atoms with van der Waals surface area (Å²) in [4.78, 5) is 12.7. The van der Waals surface area contributed by atoms with Gasteiger partial charge in [0.1, 0.15) is 37.0 Å². The molecule has 0 N–H and O–H groups in total. The maximum absolute atomic E-state index is 12.7. The van der Waals surface area contributed by atoms with Crippen molar-refractivity contribution >= 4 is 19.2 Å². The van der Waals surface area contributed by atoms with Gasteiger partial charge >= 0.3 is 5.97 Å². The number of hydrogen-bond donors (Lipinski definition) is 0. The highest BCUT2D eigenvalue weighted by Gasteiger charge is 2.81. The molecule has 47 heavy (non-hydrogen) atoms. The molecule has 6 nitrogen and oxygen atoms in total. The number of benzene rings is 3. The smallest absolute Gasteiger partial charge is 0.303 e. The molecular weight excluding hydrogens is 605 g/mol. The quantitative estimate of drug-likeness (QED) is 0.0540. The van der Waals surface area contributed by atoms with E-state index < -0.39 is 13.7 Å². The van der Waals surface area contributed by atoms with E-state index in [0.29, 0.717) is 18.8 Å². The Morgan fingerprint density at radius 1 is 1.06 bits per heavy atom. The first-order valence-corrected chi connectivity index (χ1v) is 20.3. The fourth-order valence-electron chi connectivity index (χ4n) is 9.55. The number of carbonyl (C=O) groups excluding carboxylic acids is 1. The third-order valence-corrected chi connectivity index (χ3v) is 16.4. The van der Waals surface area contributed by atoms with Crippen LogP contribution in [0.1, 0.15) is 55.7 Å². The van der Waals surface area contributed by atoms with E-state index >= 15 is 0 Å². The van der Waals surface area contributed by atoms with E-state index in [2.05, 4.69) is 81.2 Å². The number of carbonyl (C=O) groups is 1. The maximum atomic E-state index is 12.7. The fraction of sp³-hybridized carbons (Fsp3) is 0.475. The van der Waals surface area contributed by atoms with Crippen LogP contribution >= 0.6 is 0 Å². The van der Waals surface area contributed by atoms with Gasteiger partial charge in [-0.25, -0.2) is 0 Å². The predicted octanol–water partition coefficient (Wildman–Crippen LogP) is 7.33. The molecule has 7 rings (SSSR count). The summed E-state index contributed by atoms with van der Waals surface area (Å²) < 4.78 is 32.3. The van der Waals surface area contributed by atoms with Gasteiger partial charge in [0.05, 0.1) is 20.8 Å². The molecule has 1 saturated heterocycles. The zero-order valence-corrected chi connectivity index (χ0v) is 29.2. The van der Waals surface area contributed by atoms with Crippen LogP contribution in [0.15, 0.2) is 91.5 Å². The highest BCUT2D eigenvalue weighted by atomic mass is 28.3. The van der Waals surface area contributed by atoms with E-state index in [0.717, 1.165) is 37.0 Å². The van der Waals surface area contributed by atoms with Gasteiger partial charge in [-0.2, -0.15) is 0 Å². The zero-order valence-electron chi connectivity index (χ0n) is 28.2. The Kier molecular flexibility index (Phi) is 8.71. The second kappa shape index (κ2) is 12.7. The first-order valence-electron chi connectivity index (χ1n) is 17.2. The Morgan fingerprint density at radius 2 is 1.81 bits per heavy atom. The number of hydrogen-bond acceptors (Lipinski definition) is 6. The number of ether oxygens (including phenoxy) is 5. The van der Waals surface area contributed by atoms with E-state index in [1.54, 1.807) is 6.08 Å². The standard InChI is InChI=1S/C40H48O6Si/c1-6-21-43-30-18-19-33-29(22-30)17-20-34-36(33)37(45-27(2)41)38-40(46-38)24-32(47(4,5)31-15-11-8-12-16-31)23-35(39(34,40)3)44-26-42-25-28-13-9-7-10-14-28/h6-16,18-19,22,32,34-38H,1,17,20-21,23-26H2,2-5H3/t32-,34-,35-,36-,37-,38-,39-,40-/m0/s1. The number of aryl methyl sites for hydroxylation is 1. The van der Waals surface area contributed by atoms with Crippen LogP contribution in [0.25, 0.3) is 0 Å². The molecule has 8 atom stereocenters. The van der Waals surface area contributed by atoms with Gasteiger partial charge in [-0.15, -0.1) is 0 Å². The van der Waals surface area contributed by atoms with Gasteiger partial charge in [-0.05, 0) is 66.0 Å². The molecule has 3 aliphatic carbocycles. The van der Waals surface area contributed by atoms with Crippen LogP contribution in [0.2, 0.25) is 18.6 Å². The van der Waals surface area contributed by atoms with Crippen molar-refractivity contribution in [1.29, 1.82) is 0 Å². The normalized spacial score (nSPS) is 32.2. The third-order valence-electron chi connectivity index (χ3n) is 12.1. The summed E-state index contributed by atoms with van der Waals surface area (Å²) in [6.07, 6.45) is 4.97. The molecule has 2 saturated carbocycles. The van der Waals surface area contributed by atoms with Crippen LogP contribution < -0.4 is 9.92 Å². The molecule has 0 bridgehead atoms. The third kappa shape index (κ3) is 5.59. The lowest BCUT2D eigenvalue weighted by atomic mass is 9.47. The van der Waals surface area contributed by atoms with Gasteiger partial charge in [-0.3, -0.25) is 4.79 Å². The van der Waals surface area contributed by atoms with Crippen molar-refractivity contribution < 1.29 is 28.5 Å². The molecule has 0 radical (unpaired) electrons.